The molecule has 0 bridgehead atoms. The minimum atomic E-state index is -8.29. The van der Waals surface area contributed by atoms with Crippen molar-refractivity contribution >= 4 is 16.0 Å². The van der Waals surface area contributed by atoms with Crippen LogP contribution >= 0.6 is 0 Å². The molecule has 0 aromatic heterocycles. The Balaban J connectivity index is 3.46. The van der Waals surface area contributed by atoms with Crippen LogP contribution in [0.3, 0.4) is 0 Å². The first kappa shape index (κ1) is 29.6. The molecule has 0 radical (unpaired) electrons. The summed E-state index contributed by atoms with van der Waals surface area (Å²) in [6, 6.07) is 2.03. The van der Waals surface area contributed by atoms with Gasteiger partial charge in [-0.05, 0) is 24.3 Å². The van der Waals surface area contributed by atoms with Crippen molar-refractivity contribution in [3.05, 3.63) is 29.8 Å². The maximum absolute atomic E-state index is 13.8. The lowest BCUT2D eigenvalue weighted by Gasteiger charge is -2.38. The number of rotatable bonds is 8. The molecule has 0 heterocycles. The second-order valence-electron chi connectivity index (χ2n) is 6.57. The molecule has 0 spiro atoms. The summed E-state index contributed by atoms with van der Waals surface area (Å²) >= 11 is 0. The zero-order valence-corrected chi connectivity index (χ0v) is 17.0. The Labute approximate surface area is 181 Å². The average Bonchev–Trinajstić information content (AvgIpc) is 2.65. The average molecular weight is 547 g/mol. The zero-order valence-electron chi connectivity index (χ0n) is 16.2. The number of hydrogen-bond donors (Lipinski definition) is 0. The van der Waals surface area contributed by atoms with Gasteiger partial charge in [-0.25, -0.2) is 0 Å². The molecule has 1 rings (SSSR count). The van der Waals surface area contributed by atoms with Crippen LogP contribution in [0.5, 0.6) is 5.75 Å². The highest BCUT2D eigenvalue weighted by Gasteiger charge is 2.93. The second-order valence-corrected chi connectivity index (χ2v) is 8.16. The summed E-state index contributed by atoms with van der Waals surface area (Å²) in [7, 11) is -4.99. The summed E-state index contributed by atoms with van der Waals surface area (Å²) in [4.78, 5) is 12.6. The molecule has 0 aliphatic carbocycles. The molecule has 0 saturated carbocycles. The number of halogens is 13. The number of nitrogens with zero attached hydrogens (tertiary/aromatic N) is 1. The highest BCUT2D eigenvalue weighted by molar-refractivity contribution is 7.88. The molecule has 0 atom stereocenters. The van der Waals surface area contributed by atoms with Crippen LogP contribution in [0.1, 0.15) is 10.4 Å². The topological polar surface area (TPSA) is 63.7 Å². The Bertz CT molecular complexity index is 1020. The first-order valence-corrected chi connectivity index (χ1v) is 9.42. The van der Waals surface area contributed by atoms with E-state index in [0.717, 1.165) is 4.90 Å². The largest absolute Gasteiger partial charge is 0.460 e. The van der Waals surface area contributed by atoms with Crippen LogP contribution in [0, 0.1) is 0 Å². The van der Waals surface area contributed by atoms with E-state index in [1.165, 1.54) is 14.1 Å². The van der Waals surface area contributed by atoms with Crippen LogP contribution in [-0.2, 0) is 10.1 Å². The Kier molecular flexibility index (Phi) is 7.24. The van der Waals surface area contributed by atoms with Crippen molar-refractivity contribution in [2.24, 2.45) is 0 Å². The molecule has 0 unspecified atom stereocenters. The molecule has 0 fully saturated rings. The Morgan fingerprint density at radius 3 is 1.44 bits per heavy atom. The maximum Gasteiger partial charge on any atom is 0.460 e. The Hall–Kier alpha value is -2.47. The first-order chi connectivity index (χ1) is 14.8. The summed E-state index contributed by atoms with van der Waals surface area (Å²) in [6.07, 6.45) is -7.63. The highest BCUT2D eigenvalue weighted by Crippen LogP contribution is 2.61. The summed E-state index contributed by atoms with van der Waals surface area (Å²) in [5.41, 5.74) is -0.271. The predicted octanol–water partition coefficient (Wildman–Crippen LogP) is 4.79. The van der Waals surface area contributed by atoms with Gasteiger partial charge in [0.25, 0.3) is 5.91 Å². The fraction of sp³-hybridized carbons (Fsp3) is 0.533. The lowest BCUT2D eigenvalue weighted by Crippen LogP contribution is -2.71. The van der Waals surface area contributed by atoms with E-state index in [4.69, 9.17) is 0 Å². The number of amides is 1. The van der Waals surface area contributed by atoms with Gasteiger partial charge in [0.15, 0.2) is 0 Å². The molecule has 196 valence electrons. The Morgan fingerprint density at radius 1 is 0.706 bits per heavy atom. The van der Waals surface area contributed by atoms with E-state index < -0.39 is 56.9 Å². The molecule has 1 aromatic carbocycles. The van der Waals surface area contributed by atoms with Gasteiger partial charge in [-0.3, -0.25) is 4.79 Å². The van der Waals surface area contributed by atoms with Gasteiger partial charge >= 0.3 is 45.2 Å². The van der Waals surface area contributed by atoms with Gasteiger partial charge in [0, 0.05) is 19.7 Å². The molecule has 0 aliphatic heterocycles. The standard InChI is InChI=1S/C15H10F13NO4S/c1-29(2)9(30)7-3-5-8(6-4-7)33-34(31,32)15(27,28)13(22,23)11(18,19)10(16,17)12(20,21)14(24,25)26/h3-6H,1-2H3. The van der Waals surface area contributed by atoms with Gasteiger partial charge in [0.2, 0.25) is 0 Å². The third-order valence-electron chi connectivity index (χ3n) is 3.93. The van der Waals surface area contributed by atoms with Gasteiger partial charge in [0.05, 0.1) is 0 Å². The van der Waals surface area contributed by atoms with Crippen LogP contribution in [0.25, 0.3) is 0 Å². The quantitative estimate of drug-likeness (QED) is 0.347. The zero-order chi connectivity index (χ0) is 27.3. The van der Waals surface area contributed by atoms with Crippen LogP contribution in [-0.4, -0.2) is 68.4 Å². The van der Waals surface area contributed by atoms with Crippen molar-refractivity contribution in [2.75, 3.05) is 14.1 Å². The van der Waals surface area contributed by atoms with Gasteiger partial charge in [-0.1, -0.05) is 0 Å². The lowest BCUT2D eigenvalue weighted by molar-refractivity contribution is -0.433. The molecular formula is C15H10F13NO4S. The third-order valence-corrected chi connectivity index (χ3v) is 5.23. The third kappa shape index (κ3) is 4.33. The van der Waals surface area contributed by atoms with Crippen molar-refractivity contribution in [3.8, 4) is 5.75 Å². The van der Waals surface area contributed by atoms with Gasteiger partial charge < -0.3 is 9.08 Å². The van der Waals surface area contributed by atoms with E-state index >= 15 is 0 Å². The monoisotopic (exact) mass is 547 g/mol. The summed E-state index contributed by atoms with van der Waals surface area (Å²) in [6.45, 7) is 0. The molecule has 34 heavy (non-hydrogen) atoms. The fourth-order valence-electron chi connectivity index (χ4n) is 2.00. The van der Waals surface area contributed by atoms with Crippen LogP contribution in [0.15, 0.2) is 24.3 Å². The van der Waals surface area contributed by atoms with E-state index in [-0.39, 0.29) is 5.56 Å². The molecule has 0 aliphatic rings. The number of alkyl halides is 13. The molecular weight excluding hydrogens is 537 g/mol. The van der Waals surface area contributed by atoms with Crippen LogP contribution < -0.4 is 4.18 Å². The summed E-state index contributed by atoms with van der Waals surface area (Å²) in [5.74, 6) is -34.8. The van der Waals surface area contributed by atoms with Crippen molar-refractivity contribution in [1.29, 1.82) is 0 Å². The van der Waals surface area contributed by atoms with E-state index in [2.05, 4.69) is 4.18 Å². The predicted molar refractivity (Wildman–Crippen MR) is 84.8 cm³/mol. The summed E-state index contributed by atoms with van der Waals surface area (Å²) < 4.78 is 196. The molecule has 19 heteroatoms. The fourth-order valence-corrected chi connectivity index (χ4v) is 2.91. The van der Waals surface area contributed by atoms with Crippen LogP contribution in [0.2, 0.25) is 0 Å². The van der Waals surface area contributed by atoms with Gasteiger partial charge in [-0.15, -0.1) is 0 Å². The molecule has 1 amide bonds. The molecule has 1 aromatic rings. The van der Waals surface area contributed by atoms with Gasteiger partial charge in [-0.2, -0.15) is 65.5 Å². The molecule has 5 nitrogen and oxygen atoms in total. The lowest BCUT2D eigenvalue weighted by atomic mass is 9.98. The van der Waals surface area contributed by atoms with E-state index in [0.29, 0.717) is 24.3 Å². The van der Waals surface area contributed by atoms with Crippen molar-refractivity contribution in [3.63, 3.8) is 0 Å². The minimum absolute atomic E-state index is 0.271. The first-order valence-electron chi connectivity index (χ1n) is 8.01. The SMILES string of the molecule is CN(C)C(=O)c1ccc(OS(=O)(=O)C(F)(F)C(F)(F)C(F)(F)C(F)(F)C(F)(F)C(F)(F)F)cc1. The van der Waals surface area contributed by atoms with Crippen molar-refractivity contribution in [2.45, 2.75) is 35.1 Å². The number of benzene rings is 1. The van der Waals surface area contributed by atoms with E-state index in [1.807, 2.05) is 0 Å². The molecule has 0 N–H and O–H groups in total. The smallest absolute Gasteiger partial charge is 0.378 e. The van der Waals surface area contributed by atoms with Crippen molar-refractivity contribution in [1.82, 2.24) is 4.90 Å². The summed E-state index contributed by atoms with van der Waals surface area (Å²) in [5, 5.41) is -7.48. The Morgan fingerprint density at radius 2 is 1.09 bits per heavy atom. The maximum atomic E-state index is 13.8. The molecule has 0 saturated heterocycles. The van der Waals surface area contributed by atoms with Gasteiger partial charge in [0.1, 0.15) is 5.75 Å². The number of carbonyl (C=O) groups is 1. The number of carbonyl (C=O) groups excluding carboxylic acids is 1. The van der Waals surface area contributed by atoms with Crippen LogP contribution in [0.4, 0.5) is 57.1 Å². The normalized spacial score (nSPS) is 14.7. The second kappa shape index (κ2) is 8.33. The number of hydrogen-bond acceptors (Lipinski definition) is 4. The highest BCUT2D eigenvalue weighted by atomic mass is 32.2. The minimum Gasteiger partial charge on any atom is -0.378 e. The van der Waals surface area contributed by atoms with E-state index in [1.54, 1.807) is 0 Å². The van der Waals surface area contributed by atoms with E-state index in [9.17, 15) is 70.3 Å². The van der Waals surface area contributed by atoms with Crippen molar-refractivity contribution < 1.29 is 74.5 Å².